The van der Waals surface area contributed by atoms with Crippen LogP contribution in [0.1, 0.15) is 23.2 Å². The molecule has 0 bridgehead atoms. The lowest BCUT2D eigenvalue weighted by atomic mass is 9.94. The van der Waals surface area contributed by atoms with Crippen LogP contribution >= 0.6 is 0 Å². The second-order valence-electron chi connectivity index (χ2n) is 6.25. The first kappa shape index (κ1) is 14.1. The van der Waals surface area contributed by atoms with Gasteiger partial charge in [0.05, 0.1) is 12.2 Å². The first-order chi connectivity index (χ1) is 11.3. The van der Waals surface area contributed by atoms with Crippen molar-refractivity contribution < 1.29 is 9.53 Å². The fourth-order valence-corrected chi connectivity index (χ4v) is 3.37. The van der Waals surface area contributed by atoms with E-state index in [4.69, 9.17) is 4.74 Å². The van der Waals surface area contributed by atoms with E-state index >= 15 is 0 Å². The van der Waals surface area contributed by atoms with Gasteiger partial charge in [-0.3, -0.25) is 5.10 Å². The number of rotatable bonds is 2. The molecule has 0 radical (unpaired) electrons. The first-order valence-electron chi connectivity index (χ1n) is 8.07. The quantitative estimate of drug-likeness (QED) is 0.787. The number of carbonyl (C=O) groups is 1. The minimum atomic E-state index is -0.116. The number of nitrogens with zero attached hydrogens (tertiary/aromatic N) is 1. The molecule has 2 aromatic rings. The van der Waals surface area contributed by atoms with Crippen LogP contribution in [0.25, 0.3) is 0 Å². The van der Waals surface area contributed by atoms with Gasteiger partial charge in [0.1, 0.15) is 12.4 Å². The number of hydrogen-bond donors (Lipinski definition) is 3. The highest BCUT2D eigenvalue weighted by Crippen LogP contribution is 2.24. The average molecular weight is 312 g/mol. The van der Waals surface area contributed by atoms with Crippen LogP contribution in [0.2, 0.25) is 0 Å². The van der Waals surface area contributed by atoms with E-state index in [1.54, 1.807) is 0 Å². The maximum atomic E-state index is 12.2. The topological polar surface area (TPSA) is 79.0 Å². The second kappa shape index (κ2) is 5.95. The van der Waals surface area contributed by atoms with Crippen molar-refractivity contribution >= 4 is 6.03 Å². The zero-order valence-electron chi connectivity index (χ0n) is 12.8. The molecule has 3 N–H and O–H groups in total. The molecule has 6 heteroatoms. The Morgan fingerprint density at radius 1 is 1.17 bits per heavy atom. The summed E-state index contributed by atoms with van der Waals surface area (Å²) in [5.41, 5.74) is 3.54. The van der Waals surface area contributed by atoms with Gasteiger partial charge in [0, 0.05) is 11.7 Å². The van der Waals surface area contributed by atoms with Crippen molar-refractivity contribution in [2.75, 3.05) is 6.61 Å². The molecular weight excluding hydrogens is 292 g/mol. The first-order valence-corrected chi connectivity index (χ1v) is 8.07. The number of para-hydroxylation sites is 1. The SMILES string of the molecule is O=C(NC1COc2ccccc2C1)NC1CCc2[nH]ncc2C1. The molecule has 0 fully saturated rings. The van der Waals surface area contributed by atoms with Gasteiger partial charge in [-0.25, -0.2) is 4.79 Å². The molecule has 2 aliphatic rings. The smallest absolute Gasteiger partial charge is 0.315 e. The van der Waals surface area contributed by atoms with E-state index in [2.05, 4.69) is 20.8 Å². The van der Waals surface area contributed by atoms with Crippen molar-refractivity contribution in [3.8, 4) is 5.75 Å². The molecule has 120 valence electrons. The van der Waals surface area contributed by atoms with Crippen LogP contribution in [-0.4, -0.2) is 34.9 Å². The van der Waals surface area contributed by atoms with Crippen molar-refractivity contribution in [3.05, 3.63) is 47.3 Å². The van der Waals surface area contributed by atoms with Gasteiger partial charge in [0.15, 0.2) is 0 Å². The Balaban J connectivity index is 1.31. The lowest BCUT2D eigenvalue weighted by Crippen LogP contribution is -2.50. The van der Waals surface area contributed by atoms with Crippen LogP contribution in [0.4, 0.5) is 4.79 Å². The van der Waals surface area contributed by atoms with Gasteiger partial charge in [0.2, 0.25) is 0 Å². The van der Waals surface area contributed by atoms with Gasteiger partial charge >= 0.3 is 6.03 Å². The number of carbonyl (C=O) groups excluding carboxylic acids is 1. The lowest BCUT2D eigenvalue weighted by Gasteiger charge is -2.28. The van der Waals surface area contributed by atoms with E-state index in [-0.39, 0.29) is 18.1 Å². The second-order valence-corrected chi connectivity index (χ2v) is 6.25. The predicted octanol–water partition coefficient (Wildman–Crippen LogP) is 1.57. The van der Waals surface area contributed by atoms with Gasteiger partial charge in [0.25, 0.3) is 0 Å². The number of benzene rings is 1. The number of amides is 2. The number of aromatic amines is 1. The van der Waals surface area contributed by atoms with E-state index < -0.39 is 0 Å². The van der Waals surface area contributed by atoms with Crippen molar-refractivity contribution in [1.29, 1.82) is 0 Å². The van der Waals surface area contributed by atoms with Crippen LogP contribution in [0, 0.1) is 0 Å². The largest absolute Gasteiger partial charge is 0.491 e. The number of nitrogens with one attached hydrogen (secondary N) is 3. The summed E-state index contributed by atoms with van der Waals surface area (Å²) in [5, 5.41) is 13.2. The van der Waals surface area contributed by atoms with Crippen molar-refractivity contribution in [2.45, 2.75) is 37.8 Å². The molecule has 1 aromatic heterocycles. The van der Waals surface area contributed by atoms with E-state index in [0.717, 1.165) is 37.0 Å². The minimum absolute atomic E-state index is 0.0120. The van der Waals surface area contributed by atoms with E-state index in [0.29, 0.717) is 6.61 Å². The highest BCUT2D eigenvalue weighted by Gasteiger charge is 2.24. The van der Waals surface area contributed by atoms with Gasteiger partial charge in [-0.1, -0.05) is 18.2 Å². The van der Waals surface area contributed by atoms with E-state index in [1.165, 1.54) is 11.3 Å². The Bertz CT molecular complexity index is 712. The summed E-state index contributed by atoms with van der Waals surface area (Å²) in [7, 11) is 0. The summed E-state index contributed by atoms with van der Waals surface area (Å²) in [5.74, 6) is 0.922. The number of hydrogen-bond acceptors (Lipinski definition) is 3. The summed E-state index contributed by atoms with van der Waals surface area (Å²) in [4.78, 5) is 12.2. The third-order valence-corrected chi connectivity index (χ3v) is 4.57. The molecule has 4 rings (SSSR count). The number of urea groups is 1. The van der Waals surface area contributed by atoms with Crippen LogP contribution < -0.4 is 15.4 Å². The van der Waals surface area contributed by atoms with Gasteiger partial charge < -0.3 is 15.4 Å². The van der Waals surface area contributed by atoms with Crippen LogP contribution in [0.15, 0.2) is 30.5 Å². The number of H-pyrrole nitrogens is 1. The lowest BCUT2D eigenvalue weighted by molar-refractivity contribution is 0.211. The van der Waals surface area contributed by atoms with Gasteiger partial charge in [-0.05, 0) is 42.9 Å². The Labute approximate surface area is 134 Å². The molecule has 6 nitrogen and oxygen atoms in total. The van der Waals surface area contributed by atoms with E-state index in [9.17, 15) is 4.79 Å². The molecule has 2 atom stereocenters. The van der Waals surface area contributed by atoms with E-state index in [1.807, 2.05) is 30.5 Å². The summed E-state index contributed by atoms with van der Waals surface area (Å²) in [6.07, 6.45) is 5.36. The molecule has 1 aliphatic heterocycles. The number of fused-ring (bicyclic) bond motifs is 2. The molecule has 1 aliphatic carbocycles. The Morgan fingerprint density at radius 2 is 2.00 bits per heavy atom. The minimum Gasteiger partial charge on any atom is -0.491 e. The molecule has 1 aromatic carbocycles. The molecule has 2 heterocycles. The Morgan fingerprint density at radius 3 is 2.96 bits per heavy atom. The van der Waals surface area contributed by atoms with Crippen LogP contribution in [-0.2, 0) is 19.3 Å². The summed E-state index contributed by atoms with van der Waals surface area (Å²) >= 11 is 0. The number of ether oxygens (including phenoxy) is 1. The van der Waals surface area contributed by atoms with Gasteiger partial charge in [-0.15, -0.1) is 0 Å². The fourth-order valence-electron chi connectivity index (χ4n) is 3.37. The molecule has 0 spiro atoms. The summed E-state index contributed by atoms with van der Waals surface area (Å²) in [6, 6.07) is 8.03. The molecule has 2 unspecified atom stereocenters. The third-order valence-electron chi connectivity index (χ3n) is 4.57. The third kappa shape index (κ3) is 3.02. The summed E-state index contributed by atoms with van der Waals surface area (Å²) in [6.45, 7) is 0.515. The Hall–Kier alpha value is -2.50. The normalized spacial score (nSPS) is 22.4. The number of aromatic nitrogens is 2. The Kier molecular flexibility index (Phi) is 3.65. The van der Waals surface area contributed by atoms with Crippen molar-refractivity contribution in [2.24, 2.45) is 0 Å². The van der Waals surface area contributed by atoms with Crippen molar-refractivity contribution in [3.63, 3.8) is 0 Å². The van der Waals surface area contributed by atoms with Crippen LogP contribution in [0.3, 0.4) is 0 Å². The molecule has 0 saturated carbocycles. The maximum Gasteiger partial charge on any atom is 0.315 e. The summed E-state index contributed by atoms with van der Waals surface area (Å²) < 4.78 is 5.71. The zero-order valence-corrected chi connectivity index (χ0v) is 12.8. The highest BCUT2D eigenvalue weighted by atomic mass is 16.5. The average Bonchev–Trinajstić information content (AvgIpc) is 3.02. The highest BCUT2D eigenvalue weighted by molar-refractivity contribution is 5.74. The van der Waals surface area contributed by atoms with Gasteiger partial charge in [-0.2, -0.15) is 5.10 Å². The fraction of sp³-hybridized carbons (Fsp3) is 0.412. The monoisotopic (exact) mass is 312 g/mol. The maximum absolute atomic E-state index is 12.2. The molecule has 23 heavy (non-hydrogen) atoms. The predicted molar refractivity (Wildman–Crippen MR) is 85.5 cm³/mol. The molecular formula is C17H20N4O2. The molecule has 2 amide bonds. The zero-order chi connectivity index (χ0) is 15.6. The van der Waals surface area contributed by atoms with Crippen molar-refractivity contribution in [1.82, 2.24) is 20.8 Å². The van der Waals surface area contributed by atoms with Crippen LogP contribution in [0.5, 0.6) is 5.75 Å². The molecule has 0 saturated heterocycles. The number of aryl methyl sites for hydroxylation is 1. The standard InChI is InChI=1S/C17H20N4O2/c22-17(19-13-5-6-15-12(8-13)9-18-21-15)20-14-7-11-3-1-2-4-16(11)23-10-14/h1-4,9,13-14H,5-8,10H2,(H,18,21)(H2,19,20,22).